The number of nitrogens with zero attached hydrogens (tertiary/aromatic N) is 1. The average molecular weight is 393 g/mol. The van der Waals surface area contributed by atoms with Crippen LogP contribution in [0.5, 0.6) is 5.75 Å². The molecule has 0 aliphatic rings. The fraction of sp³-hybridized carbons (Fsp3) is 0.0588. The normalized spacial score (nSPS) is 10.9. The van der Waals surface area contributed by atoms with Crippen LogP contribution in [0.4, 0.5) is 0 Å². The number of carbonyl (C=O) groups is 1. The third-order valence-electron chi connectivity index (χ3n) is 2.89. The molecule has 0 fully saturated rings. The summed E-state index contributed by atoms with van der Waals surface area (Å²) in [5.74, 6) is -0.620. The van der Waals surface area contributed by atoms with Gasteiger partial charge in [-0.05, 0) is 57.4 Å². The van der Waals surface area contributed by atoms with E-state index in [-0.39, 0.29) is 0 Å². The van der Waals surface area contributed by atoms with Crippen molar-refractivity contribution in [3.05, 3.63) is 63.1 Å². The van der Waals surface area contributed by atoms with Crippen molar-refractivity contribution < 1.29 is 14.6 Å². The molecular weight excluding hydrogens is 382 g/mol. The molecule has 116 valence electrons. The molecule has 0 saturated carbocycles. The Labute approximate surface area is 146 Å². The lowest BCUT2D eigenvalue weighted by Crippen LogP contribution is -2.09. The van der Waals surface area contributed by atoms with Gasteiger partial charge in [0.25, 0.3) is 0 Å². The Bertz CT molecular complexity index is 794. The summed E-state index contributed by atoms with van der Waals surface area (Å²) in [6, 6.07) is 14.3. The van der Waals surface area contributed by atoms with Gasteiger partial charge in [0.15, 0.2) is 6.61 Å². The second-order valence-corrected chi connectivity index (χ2v) is 5.84. The maximum Gasteiger partial charge on any atom is 0.341 e. The lowest BCUT2D eigenvalue weighted by Gasteiger charge is -2.07. The van der Waals surface area contributed by atoms with Crippen LogP contribution in [0.3, 0.4) is 0 Å². The first-order valence-electron chi connectivity index (χ1n) is 6.51. The Morgan fingerprint density at radius 2 is 2.00 bits per heavy atom. The topological polar surface area (TPSA) is 70.3 Å². The van der Waals surface area contributed by atoms with E-state index in [1.54, 1.807) is 48.5 Å². The van der Waals surface area contributed by atoms with E-state index in [0.717, 1.165) is 11.1 Å². The molecule has 2 aromatic carbocycles. The van der Waals surface area contributed by atoms with Crippen LogP contribution in [0.25, 0.3) is 11.6 Å². The van der Waals surface area contributed by atoms with Crippen LogP contribution in [-0.4, -0.2) is 17.7 Å². The van der Waals surface area contributed by atoms with Crippen LogP contribution in [0.15, 0.2) is 46.9 Å². The molecular formula is C17H11BrClNO3. The van der Waals surface area contributed by atoms with Crippen molar-refractivity contribution in [2.24, 2.45) is 0 Å². The summed E-state index contributed by atoms with van der Waals surface area (Å²) in [6.07, 6.45) is 1.73. The molecule has 0 unspecified atom stereocenters. The number of hydrogen-bond donors (Lipinski definition) is 1. The highest BCUT2D eigenvalue weighted by Crippen LogP contribution is 2.28. The summed E-state index contributed by atoms with van der Waals surface area (Å²) in [5.41, 5.74) is 2.04. The lowest BCUT2D eigenvalue weighted by molar-refractivity contribution is -0.139. The number of aliphatic carboxylic acids is 1. The van der Waals surface area contributed by atoms with Gasteiger partial charge in [-0.1, -0.05) is 29.8 Å². The minimum Gasteiger partial charge on any atom is -0.481 e. The fourth-order valence-electron chi connectivity index (χ4n) is 1.84. The SMILES string of the molecule is N#CC(=Cc1ccc(OCC(=O)O)c(Br)c1)c1ccc(Cl)cc1. The Morgan fingerprint density at radius 3 is 2.57 bits per heavy atom. The number of benzene rings is 2. The molecule has 2 aromatic rings. The van der Waals surface area contributed by atoms with E-state index in [2.05, 4.69) is 22.0 Å². The Balaban J connectivity index is 2.27. The van der Waals surface area contributed by atoms with Gasteiger partial charge in [0.2, 0.25) is 0 Å². The largest absolute Gasteiger partial charge is 0.481 e. The molecule has 2 rings (SSSR count). The van der Waals surface area contributed by atoms with Crippen molar-refractivity contribution in [2.45, 2.75) is 0 Å². The summed E-state index contributed by atoms with van der Waals surface area (Å²) in [4.78, 5) is 10.5. The third kappa shape index (κ3) is 4.85. The first-order chi connectivity index (χ1) is 11.0. The van der Waals surface area contributed by atoms with Crippen LogP contribution < -0.4 is 4.74 Å². The number of rotatable bonds is 5. The molecule has 0 atom stereocenters. The second kappa shape index (κ2) is 7.82. The van der Waals surface area contributed by atoms with Gasteiger partial charge >= 0.3 is 5.97 Å². The van der Waals surface area contributed by atoms with Crippen LogP contribution >= 0.6 is 27.5 Å². The second-order valence-electron chi connectivity index (χ2n) is 4.55. The summed E-state index contributed by atoms with van der Waals surface area (Å²) in [7, 11) is 0. The van der Waals surface area contributed by atoms with Gasteiger partial charge in [0.1, 0.15) is 5.75 Å². The van der Waals surface area contributed by atoms with Crippen molar-refractivity contribution in [2.75, 3.05) is 6.61 Å². The molecule has 0 aromatic heterocycles. The van der Waals surface area contributed by atoms with Gasteiger partial charge in [-0.2, -0.15) is 5.26 Å². The first-order valence-corrected chi connectivity index (χ1v) is 7.68. The van der Waals surface area contributed by atoms with Gasteiger partial charge in [-0.25, -0.2) is 4.79 Å². The van der Waals surface area contributed by atoms with E-state index in [1.165, 1.54) is 0 Å². The summed E-state index contributed by atoms with van der Waals surface area (Å²) in [5, 5.41) is 18.6. The monoisotopic (exact) mass is 391 g/mol. The molecule has 0 radical (unpaired) electrons. The number of carboxylic acids is 1. The van der Waals surface area contributed by atoms with Crippen molar-refractivity contribution in [1.29, 1.82) is 5.26 Å². The van der Waals surface area contributed by atoms with Gasteiger partial charge in [0, 0.05) is 5.02 Å². The quantitative estimate of drug-likeness (QED) is 0.595. The standard InChI is InChI=1S/C17H11BrClNO3/c18-15-8-11(1-6-16(15)23-10-17(21)22)7-13(9-20)12-2-4-14(19)5-3-12/h1-8H,10H2,(H,21,22). The molecule has 1 N–H and O–H groups in total. The predicted molar refractivity (Wildman–Crippen MR) is 92.2 cm³/mol. The minimum absolute atomic E-state index is 0.415. The van der Waals surface area contributed by atoms with E-state index in [1.807, 2.05) is 0 Å². The van der Waals surface area contributed by atoms with E-state index in [9.17, 15) is 10.1 Å². The first kappa shape index (κ1) is 17.1. The number of halogens is 2. The molecule has 23 heavy (non-hydrogen) atoms. The zero-order valence-corrected chi connectivity index (χ0v) is 14.1. The van der Waals surface area contributed by atoms with Crippen molar-refractivity contribution in [3.63, 3.8) is 0 Å². The highest BCUT2D eigenvalue weighted by Gasteiger charge is 2.06. The molecule has 0 bridgehead atoms. The van der Waals surface area contributed by atoms with Crippen LogP contribution in [-0.2, 0) is 4.79 Å². The van der Waals surface area contributed by atoms with Crippen molar-refractivity contribution >= 4 is 45.1 Å². The maximum atomic E-state index is 10.5. The number of allylic oxidation sites excluding steroid dienone is 1. The molecule has 0 saturated heterocycles. The molecule has 0 aliphatic carbocycles. The average Bonchev–Trinajstić information content (AvgIpc) is 2.52. The zero-order valence-electron chi connectivity index (χ0n) is 11.8. The molecule has 0 heterocycles. The molecule has 0 spiro atoms. The highest BCUT2D eigenvalue weighted by molar-refractivity contribution is 9.10. The fourth-order valence-corrected chi connectivity index (χ4v) is 2.48. The summed E-state index contributed by atoms with van der Waals surface area (Å²) in [6.45, 7) is -0.415. The number of hydrogen-bond acceptors (Lipinski definition) is 3. The number of nitriles is 1. The van der Waals surface area contributed by atoms with Gasteiger partial charge in [-0.15, -0.1) is 0 Å². The van der Waals surface area contributed by atoms with Crippen molar-refractivity contribution in [1.82, 2.24) is 0 Å². The Morgan fingerprint density at radius 1 is 1.30 bits per heavy atom. The van der Waals surface area contributed by atoms with Gasteiger partial charge in [0.05, 0.1) is 16.1 Å². The smallest absolute Gasteiger partial charge is 0.341 e. The third-order valence-corrected chi connectivity index (χ3v) is 3.77. The molecule has 0 aliphatic heterocycles. The highest BCUT2D eigenvalue weighted by atomic mass is 79.9. The van der Waals surface area contributed by atoms with E-state index >= 15 is 0 Å². The maximum absolute atomic E-state index is 10.5. The zero-order chi connectivity index (χ0) is 16.8. The van der Waals surface area contributed by atoms with Gasteiger partial charge in [-0.3, -0.25) is 0 Å². The van der Waals surface area contributed by atoms with Crippen LogP contribution in [0.2, 0.25) is 5.02 Å². The Kier molecular flexibility index (Phi) is 5.80. The Hall–Kier alpha value is -2.29. The van der Waals surface area contributed by atoms with Crippen LogP contribution in [0.1, 0.15) is 11.1 Å². The summed E-state index contributed by atoms with van der Waals surface area (Å²) < 4.78 is 5.75. The summed E-state index contributed by atoms with van der Waals surface area (Å²) >= 11 is 9.17. The van der Waals surface area contributed by atoms with E-state index in [4.69, 9.17) is 21.4 Å². The van der Waals surface area contributed by atoms with Gasteiger partial charge < -0.3 is 9.84 Å². The van der Waals surface area contributed by atoms with E-state index in [0.29, 0.717) is 20.8 Å². The van der Waals surface area contributed by atoms with Crippen LogP contribution in [0, 0.1) is 11.3 Å². The molecule has 0 amide bonds. The minimum atomic E-state index is -1.05. The molecule has 6 heteroatoms. The lowest BCUT2D eigenvalue weighted by atomic mass is 10.0. The van der Waals surface area contributed by atoms with E-state index < -0.39 is 12.6 Å². The number of carboxylic acid groups (broad SMARTS) is 1. The van der Waals surface area contributed by atoms with Crippen molar-refractivity contribution in [3.8, 4) is 11.8 Å². The predicted octanol–water partition coefficient (Wildman–Crippen LogP) is 4.63. The molecule has 4 nitrogen and oxygen atoms in total. The number of ether oxygens (including phenoxy) is 1.